The van der Waals surface area contributed by atoms with Crippen molar-refractivity contribution in [1.82, 2.24) is 25.8 Å². The number of hydrogen-bond acceptors (Lipinski definition) is 10. The lowest BCUT2D eigenvalue weighted by Crippen LogP contribution is -2.54. The number of carbonyl (C=O) groups excluding carboxylic acids is 7. The van der Waals surface area contributed by atoms with Crippen molar-refractivity contribution in [3.8, 4) is 0 Å². The number of primary amides is 1. The van der Waals surface area contributed by atoms with Crippen LogP contribution in [0.15, 0.2) is 6.20 Å². The topological polar surface area (TPSA) is 219 Å². The molecule has 3 saturated carbocycles. The fourth-order valence-corrected chi connectivity index (χ4v) is 10.5. The maximum absolute atomic E-state index is 13.4. The van der Waals surface area contributed by atoms with Crippen LogP contribution in [0, 0.1) is 29.6 Å². The van der Waals surface area contributed by atoms with Crippen LogP contribution < -0.4 is 27.0 Å². The SMILES string of the molecule is NC(=O)c1cnc2c(c1NC1CCC(C3CCC(C(=O)NCCCCNC(=O)COC4CCCC5C(=O)N(C6CCC(=O)NC6=O)C(=O)C45)CC3)CC1)CCCC2. The number of unbranched alkanes of at least 4 members (excludes halogenated alkanes) is 1. The van der Waals surface area contributed by atoms with Crippen LogP contribution in [0.3, 0.4) is 0 Å². The van der Waals surface area contributed by atoms with E-state index in [1.54, 1.807) is 6.20 Å². The fourth-order valence-electron chi connectivity index (χ4n) is 10.5. The third-order valence-electron chi connectivity index (χ3n) is 13.6. The number of fused-ring (bicyclic) bond motifs is 2. The van der Waals surface area contributed by atoms with Crippen LogP contribution in [0.5, 0.6) is 0 Å². The number of aryl methyl sites for hydroxylation is 1. The van der Waals surface area contributed by atoms with Gasteiger partial charge in [-0.1, -0.05) is 6.42 Å². The molecule has 15 nitrogen and oxygen atoms in total. The number of nitrogens with two attached hydrogens (primary N) is 1. The Labute approximate surface area is 334 Å². The van der Waals surface area contributed by atoms with Crippen LogP contribution in [-0.4, -0.2) is 89.1 Å². The molecule has 3 heterocycles. The third kappa shape index (κ3) is 9.34. The van der Waals surface area contributed by atoms with Gasteiger partial charge in [0.2, 0.25) is 35.4 Å². The molecule has 15 heteroatoms. The highest BCUT2D eigenvalue weighted by Gasteiger charge is 2.56. The van der Waals surface area contributed by atoms with Crippen molar-refractivity contribution in [3.05, 3.63) is 23.0 Å². The number of nitrogens with zero attached hydrogens (tertiary/aromatic N) is 2. The first-order chi connectivity index (χ1) is 27.6. The van der Waals surface area contributed by atoms with Gasteiger partial charge in [-0.25, -0.2) is 0 Å². The Kier molecular flexibility index (Phi) is 13.2. The fraction of sp³-hybridized carbons (Fsp3) is 0.714. The molecule has 7 rings (SSSR count). The number of amides is 7. The van der Waals surface area contributed by atoms with Crippen molar-refractivity contribution in [2.45, 2.75) is 140 Å². The number of pyridine rings is 1. The minimum Gasteiger partial charge on any atom is -0.381 e. The zero-order valence-electron chi connectivity index (χ0n) is 33.0. The van der Waals surface area contributed by atoms with Gasteiger partial charge in [-0.3, -0.25) is 48.8 Å². The summed E-state index contributed by atoms with van der Waals surface area (Å²) in [7, 11) is 0. The van der Waals surface area contributed by atoms with Gasteiger partial charge in [-0.05, 0) is 127 Å². The van der Waals surface area contributed by atoms with E-state index >= 15 is 0 Å². The summed E-state index contributed by atoms with van der Waals surface area (Å²) >= 11 is 0. The van der Waals surface area contributed by atoms with Crippen molar-refractivity contribution in [3.63, 3.8) is 0 Å². The number of rotatable bonds is 14. The molecule has 0 aromatic carbocycles. The lowest BCUT2D eigenvalue weighted by atomic mass is 9.70. The van der Waals surface area contributed by atoms with Gasteiger partial charge in [0, 0.05) is 43.4 Å². The molecule has 0 bridgehead atoms. The maximum Gasteiger partial charge on any atom is 0.252 e. The molecule has 57 heavy (non-hydrogen) atoms. The molecule has 1 aromatic heterocycles. The van der Waals surface area contributed by atoms with Gasteiger partial charge in [-0.2, -0.15) is 0 Å². The van der Waals surface area contributed by atoms with Crippen molar-refractivity contribution in [2.24, 2.45) is 35.3 Å². The molecule has 2 aliphatic heterocycles. The Morgan fingerprint density at radius 3 is 2.23 bits per heavy atom. The van der Waals surface area contributed by atoms with Crippen molar-refractivity contribution in [1.29, 1.82) is 0 Å². The standard InChI is InChI=1S/C42H59N7O8/c43-38(52)30-22-46-31-8-2-1-6-28(31)37(30)47-27-16-14-25(15-17-27)24-10-12-26(13-11-24)39(53)45-21-4-3-20-44-35(51)23-57-33-9-5-7-29-36(33)42(56)49(41(29)55)32-18-19-34(50)48-40(32)54/h22,24-27,29,32-33,36H,1-21,23H2,(H2,43,52)(H,44,51)(H,45,53)(H,46,47)(H,48,50,54). The first-order valence-corrected chi connectivity index (χ1v) is 21.5. The minimum absolute atomic E-state index is 0.0405. The molecular formula is C42H59N7O8. The molecule has 4 aliphatic carbocycles. The monoisotopic (exact) mass is 789 g/mol. The largest absolute Gasteiger partial charge is 0.381 e. The number of imide groups is 2. The average molecular weight is 790 g/mol. The van der Waals surface area contributed by atoms with E-state index in [1.807, 2.05) is 0 Å². The Morgan fingerprint density at radius 2 is 1.51 bits per heavy atom. The highest BCUT2D eigenvalue weighted by atomic mass is 16.5. The molecule has 6 N–H and O–H groups in total. The summed E-state index contributed by atoms with van der Waals surface area (Å²) in [5.41, 5.74) is 9.42. The second-order valence-corrected chi connectivity index (χ2v) is 17.2. The van der Waals surface area contributed by atoms with Gasteiger partial charge in [-0.15, -0.1) is 0 Å². The zero-order chi connectivity index (χ0) is 40.1. The van der Waals surface area contributed by atoms with Gasteiger partial charge < -0.3 is 26.4 Å². The van der Waals surface area contributed by atoms with Gasteiger partial charge in [0.25, 0.3) is 5.91 Å². The van der Waals surface area contributed by atoms with Crippen LogP contribution in [0.4, 0.5) is 5.69 Å². The number of hydrogen-bond donors (Lipinski definition) is 5. The Bertz CT molecular complexity index is 1720. The van der Waals surface area contributed by atoms with E-state index in [2.05, 4.69) is 26.3 Å². The maximum atomic E-state index is 13.4. The number of carbonyl (C=O) groups is 7. The lowest BCUT2D eigenvalue weighted by Gasteiger charge is -2.38. The van der Waals surface area contributed by atoms with Crippen molar-refractivity contribution in [2.75, 3.05) is 25.0 Å². The minimum atomic E-state index is -0.992. The number of aromatic nitrogens is 1. The summed E-state index contributed by atoms with van der Waals surface area (Å²) < 4.78 is 5.89. The second kappa shape index (κ2) is 18.5. The van der Waals surface area contributed by atoms with E-state index in [0.717, 1.165) is 99.8 Å². The van der Waals surface area contributed by atoms with E-state index in [1.165, 1.54) is 5.56 Å². The number of nitrogens with one attached hydrogen (secondary N) is 4. The molecule has 5 fully saturated rings. The summed E-state index contributed by atoms with van der Waals surface area (Å²) in [5, 5.41) is 11.9. The predicted octanol–water partition coefficient (Wildman–Crippen LogP) is 2.82. The van der Waals surface area contributed by atoms with E-state index in [-0.39, 0.29) is 37.2 Å². The zero-order valence-corrected chi connectivity index (χ0v) is 33.0. The van der Waals surface area contributed by atoms with Crippen LogP contribution in [0.2, 0.25) is 0 Å². The predicted molar refractivity (Wildman–Crippen MR) is 208 cm³/mol. The van der Waals surface area contributed by atoms with Crippen LogP contribution in [-0.2, 0) is 46.3 Å². The summed E-state index contributed by atoms with van der Waals surface area (Å²) in [4.78, 5) is 93.9. The summed E-state index contributed by atoms with van der Waals surface area (Å²) in [6.07, 6.45) is 16.9. The molecule has 1 aromatic rings. The van der Waals surface area contributed by atoms with Crippen LogP contribution in [0.25, 0.3) is 0 Å². The molecule has 7 amide bonds. The average Bonchev–Trinajstić information content (AvgIpc) is 3.47. The van der Waals surface area contributed by atoms with Gasteiger partial charge in [0.1, 0.15) is 12.6 Å². The second-order valence-electron chi connectivity index (χ2n) is 17.2. The number of anilines is 1. The summed E-state index contributed by atoms with van der Waals surface area (Å²) in [6.45, 7) is 0.733. The highest BCUT2D eigenvalue weighted by Crippen LogP contribution is 2.43. The normalized spacial score (nSPS) is 30.2. The number of likely N-dealkylation sites (tertiary alicyclic amines) is 1. The van der Waals surface area contributed by atoms with Crippen molar-refractivity contribution >= 4 is 47.0 Å². The molecule has 310 valence electrons. The molecule has 2 saturated heterocycles. The number of ether oxygens (including phenoxy) is 1. The van der Waals surface area contributed by atoms with E-state index in [0.29, 0.717) is 62.2 Å². The van der Waals surface area contributed by atoms with E-state index in [4.69, 9.17) is 10.5 Å². The Hall–Kier alpha value is -4.40. The van der Waals surface area contributed by atoms with Crippen LogP contribution >= 0.6 is 0 Å². The van der Waals surface area contributed by atoms with Crippen molar-refractivity contribution < 1.29 is 38.3 Å². The quantitative estimate of drug-likeness (QED) is 0.137. The van der Waals surface area contributed by atoms with E-state index < -0.39 is 53.5 Å². The Morgan fingerprint density at radius 1 is 0.807 bits per heavy atom. The summed E-state index contributed by atoms with van der Waals surface area (Å²) in [6, 6.07) is -0.673. The van der Waals surface area contributed by atoms with Crippen LogP contribution in [0.1, 0.15) is 131 Å². The molecule has 0 spiro atoms. The summed E-state index contributed by atoms with van der Waals surface area (Å²) in [5.74, 6) is -2.52. The number of piperidine rings is 1. The van der Waals surface area contributed by atoms with Gasteiger partial charge in [0.15, 0.2) is 0 Å². The van der Waals surface area contributed by atoms with Gasteiger partial charge in [0.05, 0.1) is 29.2 Å². The van der Waals surface area contributed by atoms with E-state index in [9.17, 15) is 33.6 Å². The smallest absolute Gasteiger partial charge is 0.252 e. The highest BCUT2D eigenvalue weighted by molar-refractivity contribution is 6.11. The molecule has 4 atom stereocenters. The van der Waals surface area contributed by atoms with Gasteiger partial charge >= 0.3 is 0 Å². The molecule has 4 unspecified atom stereocenters. The third-order valence-corrected chi connectivity index (χ3v) is 13.6. The molecule has 0 radical (unpaired) electrons. The molecule has 6 aliphatic rings. The lowest BCUT2D eigenvalue weighted by molar-refractivity contribution is -0.152. The molecular weight excluding hydrogens is 731 g/mol. The Balaban J connectivity index is 0.753. The first-order valence-electron chi connectivity index (χ1n) is 21.5. The first kappa shape index (κ1) is 40.8.